The van der Waals surface area contributed by atoms with Crippen molar-refractivity contribution in [3.8, 4) is 11.5 Å². The second-order valence-corrected chi connectivity index (χ2v) is 10.7. The molecule has 1 unspecified atom stereocenters. The van der Waals surface area contributed by atoms with Crippen LogP contribution in [0.15, 0.2) is 18.2 Å². The third kappa shape index (κ3) is 4.58. The third-order valence-electron chi connectivity index (χ3n) is 5.03. The number of benzene rings is 1. The molecule has 1 atom stereocenters. The Kier molecular flexibility index (Phi) is 6.74. The van der Waals surface area contributed by atoms with Crippen LogP contribution in [-0.2, 0) is 24.6 Å². The fourth-order valence-electron chi connectivity index (χ4n) is 2.72. The second kappa shape index (κ2) is 8.27. The minimum absolute atomic E-state index is 0.125. The summed E-state index contributed by atoms with van der Waals surface area (Å²) in [7, 11) is 2.33. The molecule has 26 heavy (non-hydrogen) atoms. The lowest BCUT2D eigenvalue weighted by Crippen LogP contribution is -2.49. The van der Waals surface area contributed by atoms with Crippen molar-refractivity contribution < 1.29 is 27.5 Å². The summed E-state index contributed by atoms with van der Waals surface area (Å²) in [6.45, 7) is 9.38. The van der Waals surface area contributed by atoms with Crippen molar-refractivity contribution >= 4 is 8.80 Å². The van der Waals surface area contributed by atoms with Crippen LogP contribution < -0.4 is 9.47 Å². The lowest BCUT2D eigenvalue weighted by molar-refractivity contribution is -0.249. The van der Waals surface area contributed by atoms with Crippen LogP contribution in [0.5, 0.6) is 11.5 Å². The zero-order valence-corrected chi connectivity index (χ0v) is 18.0. The Morgan fingerprint density at radius 1 is 1.12 bits per heavy atom. The summed E-state index contributed by atoms with van der Waals surface area (Å²) < 4.78 is 34.2. The predicted octanol–water partition coefficient (Wildman–Crippen LogP) is 4.00. The largest absolute Gasteiger partial charge is 0.500 e. The van der Waals surface area contributed by atoms with Gasteiger partial charge in [-0.3, -0.25) is 0 Å². The standard InChI is InChI=1S/C19H32O6Si/c1-18(2,3)19(4)24-14-15-13-16(9-10-17(15)25-19)23-11-8-12-26(20-5,21-6)22-7/h9-10,13H,8,11-12,14H2,1-7H3. The lowest BCUT2D eigenvalue weighted by Gasteiger charge is -2.44. The Hall–Kier alpha value is -1.12. The molecule has 148 valence electrons. The first-order valence-corrected chi connectivity index (χ1v) is 10.9. The van der Waals surface area contributed by atoms with E-state index < -0.39 is 14.6 Å². The number of ether oxygens (including phenoxy) is 3. The van der Waals surface area contributed by atoms with E-state index in [1.165, 1.54) is 0 Å². The van der Waals surface area contributed by atoms with Crippen LogP contribution in [0.1, 0.15) is 39.7 Å². The summed E-state index contributed by atoms with van der Waals surface area (Å²) in [6, 6.07) is 6.57. The Labute approximate surface area is 158 Å². The average molecular weight is 385 g/mol. The lowest BCUT2D eigenvalue weighted by atomic mass is 9.86. The van der Waals surface area contributed by atoms with Crippen LogP contribution in [0, 0.1) is 5.41 Å². The van der Waals surface area contributed by atoms with Gasteiger partial charge in [-0.15, -0.1) is 0 Å². The van der Waals surface area contributed by atoms with Gasteiger partial charge in [0.05, 0.1) is 13.2 Å². The molecular weight excluding hydrogens is 352 g/mol. The van der Waals surface area contributed by atoms with Gasteiger partial charge in [0, 0.05) is 45.3 Å². The fourth-order valence-corrected chi connectivity index (χ4v) is 4.41. The maximum Gasteiger partial charge on any atom is 0.500 e. The third-order valence-corrected chi connectivity index (χ3v) is 7.86. The number of hydrogen-bond donors (Lipinski definition) is 0. The molecule has 0 saturated carbocycles. The van der Waals surface area contributed by atoms with Crippen molar-refractivity contribution in [2.75, 3.05) is 27.9 Å². The first-order chi connectivity index (χ1) is 12.2. The van der Waals surface area contributed by atoms with Gasteiger partial charge in [-0.2, -0.15) is 0 Å². The van der Waals surface area contributed by atoms with Gasteiger partial charge < -0.3 is 27.5 Å². The van der Waals surface area contributed by atoms with E-state index in [2.05, 4.69) is 20.8 Å². The van der Waals surface area contributed by atoms with Crippen molar-refractivity contribution in [3.63, 3.8) is 0 Å². The number of fused-ring (bicyclic) bond motifs is 1. The molecule has 1 heterocycles. The van der Waals surface area contributed by atoms with E-state index >= 15 is 0 Å². The minimum Gasteiger partial charge on any atom is -0.494 e. The maximum absolute atomic E-state index is 6.13. The van der Waals surface area contributed by atoms with E-state index in [4.69, 9.17) is 27.5 Å². The minimum atomic E-state index is -2.53. The molecule has 0 bridgehead atoms. The monoisotopic (exact) mass is 384 g/mol. The van der Waals surface area contributed by atoms with E-state index in [0.717, 1.165) is 23.5 Å². The molecule has 0 N–H and O–H groups in total. The molecule has 0 fully saturated rings. The Bertz CT molecular complexity index is 588. The molecule has 0 spiro atoms. The molecule has 1 aromatic carbocycles. The summed E-state index contributed by atoms with van der Waals surface area (Å²) in [5, 5.41) is 0. The molecule has 1 aliphatic rings. The first kappa shape index (κ1) is 21.2. The van der Waals surface area contributed by atoms with Crippen molar-refractivity contribution in [2.24, 2.45) is 5.41 Å². The SMILES string of the molecule is CO[Si](CCCOc1ccc2c(c1)COC(C)(C(C)(C)C)O2)(OC)OC. The topological polar surface area (TPSA) is 55.4 Å². The summed E-state index contributed by atoms with van der Waals surface area (Å²) in [4.78, 5) is 0. The van der Waals surface area contributed by atoms with Gasteiger partial charge in [0.2, 0.25) is 5.79 Å². The molecular formula is C19H32O6Si. The molecule has 0 radical (unpaired) electrons. The Balaban J connectivity index is 1.93. The highest BCUT2D eigenvalue weighted by atomic mass is 28.4. The number of rotatable bonds is 8. The maximum atomic E-state index is 6.13. The molecule has 0 aromatic heterocycles. The Morgan fingerprint density at radius 3 is 2.35 bits per heavy atom. The second-order valence-electron chi connectivity index (χ2n) is 7.60. The molecule has 1 aliphatic heterocycles. The van der Waals surface area contributed by atoms with Gasteiger partial charge in [-0.25, -0.2) is 0 Å². The average Bonchev–Trinajstić information content (AvgIpc) is 2.61. The quantitative estimate of drug-likeness (QED) is 0.499. The van der Waals surface area contributed by atoms with Crippen LogP contribution in [0.3, 0.4) is 0 Å². The fraction of sp³-hybridized carbons (Fsp3) is 0.684. The zero-order chi connectivity index (χ0) is 19.4. The molecule has 2 rings (SSSR count). The summed E-state index contributed by atoms with van der Waals surface area (Å²) in [5.74, 6) is 1.01. The van der Waals surface area contributed by atoms with Crippen molar-refractivity contribution in [2.45, 2.75) is 52.6 Å². The van der Waals surface area contributed by atoms with Gasteiger partial charge in [0.25, 0.3) is 0 Å². The summed E-state index contributed by atoms with van der Waals surface area (Å²) >= 11 is 0. The normalized spacial score (nSPS) is 20.4. The smallest absolute Gasteiger partial charge is 0.494 e. The van der Waals surface area contributed by atoms with Gasteiger partial charge in [-0.1, -0.05) is 20.8 Å². The number of hydrogen-bond acceptors (Lipinski definition) is 6. The Morgan fingerprint density at radius 2 is 1.77 bits per heavy atom. The van der Waals surface area contributed by atoms with Gasteiger partial charge in [0.1, 0.15) is 11.5 Å². The van der Waals surface area contributed by atoms with Crippen molar-refractivity contribution in [1.82, 2.24) is 0 Å². The van der Waals surface area contributed by atoms with Crippen LogP contribution >= 0.6 is 0 Å². The van der Waals surface area contributed by atoms with E-state index in [-0.39, 0.29) is 5.41 Å². The van der Waals surface area contributed by atoms with E-state index in [0.29, 0.717) is 19.3 Å². The molecule has 0 amide bonds. The predicted molar refractivity (Wildman–Crippen MR) is 101 cm³/mol. The van der Waals surface area contributed by atoms with Gasteiger partial charge in [-0.05, 0) is 24.6 Å². The first-order valence-electron chi connectivity index (χ1n) is 8.93. The van der Waals surface area contributed by atoms with Gasteiger partial charge in [0.15, 0.2) is 0 Å². The van der Waals surface area contributed by atoms with Crippen molar-refractivity contribution in [1.29, 1.82) is 0 Å². The molecule has 0 aliphatic carbocycles. The highest BCUT2D eigenvalue weighted by Gasteiger charge is 2.44. The van der Waals surface area contributed by atoms with E-state index in [1.807, 2.05) is 25.1 Å². The van der Waals surface area contributed by atoms with E-state index in [1.54, 1.807) is 21.3 Å². The van der Waals surface area contributed by atoms with Crippen LogP contribution in [0.2, 0.25) is 6.04 Å². The molecule has 7 heteroatoms. The van der Waals surface area contributed by atoms with Crippen molar-refractivity contribution in [3.05, 3.63) is 23.8 Å². The highest BCUT2D eigenvalue weighted by Crippen LogP contribution is 2.42. The zero-order valence-electron chi connectivity index (χ0n) is 17.0. The summed E-state index contributed by atoms with van der Waals surface area (Å²) in [5.41, 5.74) is 0.874. The molecule has 0 saturated heterocycles. The van der Waals surface area contributed by atoms with Crippen LogP contribution in [0.25, 0.3) is 0 Å². The van der Waals surface area contributed by atoms with Crippen LogP contribution in [-0.4, -0.2) is 42.5 Å². The molecule has 6 nitrogen and oxygen atoms in total. The van der Waals surface area contributed by atoms with Crippen LogP contribution in [0.4, 0.5) is 0 Å². The molecule has 1 aromatic rings. The highest BCUT2D eigenvalue weighted by molar-refractivity contribution is 6.60. The summed E-state index contributed by atoms with van der Waals surface area (Å²) in [6.07, 6.45) is 0.786. The van der Waals surface area contributed by atoms with E-state index in [9.17, 15) is 0 Å². The van der Waals surface area contributed by atoms with Gasteiger partial charge >= 0.3 is 8.80 Å².